The lowest BCUT2D eigenvalue weighted by Crippen LogP contribution is -2.28. The minimum Gasteiger partial charge on any atom is -0.497 e. The second-order valence-corrected chi connectivity index (χ2v) is 7.07. The van der Waals surface area contributed by atoms with Crippen LogP contribution in [0.2, 0.25) is 0 Å². The Balaban J connectivity index is 1.96. The lowest BCUT2D eigenvalue weighted by atomic mass is 10.0. The molecular formula is C24H22N2O5. The van der Waals surface area contributed by atoms with Gasteiger partial charge < -0.3 is 14.6 Å². The standard InChI is InChI=1S/C24H22N2O5/c1-15-4-8-19(9-5-15)31-14-21(27)22-16(2)20(12-25)23(28)26(24(22)29)13-17-6-10-18(30-3)11-7-17/h4-11,29H,13-14H2,1-3H3. The van der Waals surface area contributed by atoms with Gasteiger partial charge in [0.15, 0.2) is 6.61 Å². The van der Waals surface area contributed by atoms with Crippen LogP contribution in [-0.2, 0) is 6.54 Å². The molecule has 31 heavy (non-hydrogen) atoms. The van der Waals surface area contributed by atoms with Gasteiger partial charge in [-0.05, 0) is 49.2 Å². The van der Waals surface area contributed by atoms with Crippen LogP contribution >= 0.6 is 0 Å². The van der Waals surface area contributed by atoms with E-state index >= 15 is 0 Å². The van der Waals surface area contributed by atoms with Crippen LogP contribution in [0.1, 0.15) is 32.6 Å². The number of nitrogens with zero attached hydrogens (tertiary/aromatic N) is 2. The molecule has 7 nitrogen and oxygen atoms in total. The summed E-state index contributed by atoms with van der Waals surface area (Å²) < 4.78 is 11.7. The molecule has 0 radical (unpaired) electrons. The number of hydrogen-bond acceptors (Lipinski definition) is 6. The highest BCUT2D eigenvalue weighted by atomic mass is 16.5. The SMILES string of the molecule is COc1ccc(Cn2c(O)c(C(=O)COc3ccc(C)cc3)c(C)c(C#N)c2=O)cc1. The van der Waals surface area contributed by atoms with Crippen LogP contribution in [0.3, 0.4) is 0 Å². The van der Waals surface area contributed by atoms with Crippen molar-refractivity contribution in [3.63, 3.8) is 0 Å². The Hall–Kier alpha value is -4.05. The number of hydrogen-bond donors (Lipinski definition) is 1. The van der Waals surface area contributed by atoms with E-state index in [1.807, 2.05) is 25.1 Å². The van der Waals surface area contributed by atoms with E-state index in [0.717, 1.165) is 10.1 Å². The highest BCUT2D eigenvalue weighted by Gasteiger charge is 2.24. The van der Waals surface area contributed by atoms with Crippen molar-refractivity contribution in [1.82, 2.24) is 4.57 Å². The first kappa shape index (κ1) is 21.7. The molecule has 0 saturated carbocycles. The van der Waals surface area contributed by atoms with Gasteiger partial charge in [0.05, 0.1) is 19.2 Å². The van der Waals surface area contributed by atoms with Crippen LogP contribution < -0.4 is 15.0 Å². The number of Topliss-reactive ketones (excluding diaryl/α,β-unsaturated/α-hetero) is 1. The number of rotatable bonds is 7. The summed E-state index contributed by atoms with van der Waals surface area (Å²) in [5.74, 6) is 0.125. The van der Waals surface area contributed by atoms with E-state index in [1.54, 1.807) is 43.5 Å². The van der Waals surface area contributed by atoms with Crippen LogP contribution in [-0.4, -0.2) is 29.2 Å². The van der Waals surface area contributed by atoms with Gasteiger partial charge in [-0.1, -0.05) is 29.8 Å². The lowest BCUT2D eigenvalue weighted by Gasteiger charge is -2.16. The summed E-state index contributed by atoms with van der Waals surface area (Å²) in [6.45, 7) is 3.05. The maximum Gasteiger partial charge on any atom is 0.271 e. The lowest BCUT2D eigenvalue weighted by molar-refractivity contribution is 0.0916. The molecule has 158 valence electrons. The Bertz CT molecular complexity index is 1200. The molecule has 0 spiro atoms. The number of pyridine rings is 1. The van der Waals surface area contributed by atoms with Gasteiger partial charge >= 0.3 is 0 Å². The fourth-order valence-corrected chi connectivity index (χ4v) is 3.20. The highest BCUT2D eigenvalue weighted by Crippen LogP contribution is 2.24. The predicted molar refractivity (Wildman–Crippen MR) is 115 cm³/mol. The maximum absolute atomic E-state index is 12.9. The molecule has 0 aliphatic heterocycles. The molecule has 0 fully saturated rings. The Morgan fingerprint density at radius 2 is 1.68 bits per heavy atom. The summed E-state index contributed by atoms with van der Waals surface area (Å²) in [6, 6.07) is 15.9. The fourth-order valence-electron chi connectivity index (χ4n) is 3.20. The largest absolute Gasteiger partial charge is 0.497 e. The third-order valence-corrected chi connectivity index (χ3v) is 4.97. The normalized spacial score (nSPS) is 10.4. The molecule has 0 aliphatic rings. The average Bonchev–Trinajstić information content (AvgIpc) is 2.77. The number of carbonyl (C=O) groups excluding carboxylic acids is 1. The molecule has 3 aromatic rings. The monoisotopic (exact) mass is 418 g/mol. The van der Waals surface area contributed by atoms with Crippen molar-refractivity contribution in [3.8, 4) is 23.4 Å². The van der Waals surface area contributed by atoms with E-state index < -0.39 is 17.2 Å². The summed E-state index contributed by atoms with van der Waals surface area (Å²) in [4.78, 5) is 25.6. The smallest absolute Gasteiger partial charge is 0.271 e. The number of aromatic nitrogens is 1. The van der Waals surface area contributed by atoms with Gasteiger partial charge in [-0.3, -0.25) is 14.2 Å². The number of nitriles is 1. The van der Waals surface area contributed by atoms with E-state index in [4.69, 9.17) is 9.47 Å². The number of ether oxygens (including phenoxy) is 2. The maximum atomic E-state index is 12.9. The van der Waals surface area contributed by atoms with Crippen molar-refractivity contribution in [2.75, 3.05) is 13.7 Å². The number of aromatic hydroxyl groups is 1. The molecule has 0 aliphatic carbocycles. The molecule has 3 rings (SSSR count). The number of methoxy groups -OCH3 is 1. The summed E-state index contributed by atoms with van der Waals surface area (Å²) in [7, 11) is 1.54. The van der Waals surface area contributed by atoms with Gasteiger partial charge in [-0.15, -0.1) is 0 Å². The molecule has 7 heteroatoms. The quantitative estimate of drug-likeness (QED) is 0.591. The third-order valence-electron chi connectivity index (χ3n) is 4.97. The van der Waals surface area contributed by atoms with Crippen molar-refractivity contribution in [2.45, 2.75) is 20.4 Å². The van der Waals surface area contributed by atoms with Gasteiger partial charge in [-0.25, -0.2) is 0 Å². The van der Waals surface area contributed by atoms with Crippen LogP contribution in [0.5, 0.6) is 17.4 Å². The van der Waals surface area contributed by atoms with Gasteiger partial charge in [-0.2, -0.15) is 5.26 Å². The van der Waals surface area contributed by atoms with E-state index in [-0.39, 0.29) is 29.8 Å². The molecule has 1 aromatic heterocycles. The molecule has 1 heterocycles. The van der Waals surface area contributed by atoms with Crippen molar-refractivity contribution >= 4 is 5.78 Å². The number of aryl methyl sites for hydroxylation is 1. The van der Waals surface area contributed by atoms with E-state index in [2.05, 4.69) is 0 Å². The molecule has 0 saturated heterocycles. The van der Waals surface area contributed by atoms with Gasteiger partial charge in [0, 0.05) is 0 Å². The molecule has 2 aromatic carbocycles. The molecule has 0 atom stereocenters. The van der Waals surface area contributed by atoms with Crippen molar-refractivity contribution in [1.29, 1.82) is 5.26 Å². The minimum absolute atomic E-state index is 0.0112. The Morgan fingerprint density at radius 1 is 1.06 bits per heavy atom. The van der Waals surface area contributed by atoms with Crippen molar-refractivity contribution in [3.05, 3.63) is 86.7 Å². The predicted octanol–water partition coefficient (Wildman–Crippen LogP) is 3.36. The minimum atomic E-state index is -0.663. The molecule has 1 N–H and O–H groups in total. The van der Waals surface area contributed by atoms with E-state index in [0.29, 0.717) is 17.1 Å². The summed E-state index contributed by atoms with van der Waals surface area (Å²) >= 11 is 0. The molecule has 0 unspecified atom stereocenters. The topological polar surface area (TPSA) is 102 Å². The molecule has 0 amide bonds. The third kappa shape index (κ3) is 4.59. The van der Waals surface area contributed by atoms with E-state index in [9.17, 15) is 20.0 Å². The second kappa shape index (κ2) is 9.18. The van der Waals surface area contributed by atoms with Crippen LogP contribution in [0.25, 0.3) is 0 Å². The Morgan fingerprint density at radius 3 is 2.26 bits per heavy atom. The Labute approximate surface area is 179 Å². The number of benzene rings is 2. The first-order valence-corrected chi connectivity index (χ1v) is 9.57. The number of carbonyl (C=O) groups is 1. The fraction of sp³-hybridized carbons (Fsp3) is 0.208. The van der Waals surface area contributed by atoms with E-state index in [1.165, 1.54) is 6.92 Å². The van der Waals surface area contributed by atoms with Crippen LogP contribution in [0.15, 0.2) is 53.3 Å². The van der Waals surface area contributed by atoms with Crippen molar-refractivity contribution in [2.24, 2.45) is 0 Å². The first-order valence-electron chi connectivity index (χ1n) is 9.57. The van der Waals surface area contributed by atoms with Crippen molar-refractivity contribution < 1.29 is 19.4 Å². The Kier molecular flexibility index (Phi) is 6.41. The zero-order valence-electron chi connectivity index (χ0n) is 17.5. The average molecular weight is 418 g/mol. The van der Waals surface area contributed by atoms with Gasteiger partial charge in [0.2, 0.25) is 11.7 Å². The van der Waals surface area contributed by atoms with Crippen LogP contribution in [0.4, 0.5) is 0 Å². The second-order valence-electron chi connectivity index (χ2n) is 7.07. The highest BCUT2D eigenvalue weighted by molar-refractivity contribution is 6.01. The van der Waals surface area contributed by atoms with Gasteiger partial charge in [0.25, 0.3) is 5.56 Å². The summed E-state index contributed by atoms with van der Waals surface area (Å²) in [5.41, 5.74) is 0.927. The van der Waals surface area contributed by atoms with Gasteiger partial charge in [0.1, 0.15) is 23.1 Å². The zero-order valence-corrected chi connectivity index (χ0v) is 17.5. The zero-order chi connectivity index (χ0) is 22.5. The number of ketones is 1. The molecular weight excluding hydrogens is 396 g/mol. The first-order chi connectivity index (χ1) is 14.8. The molecule has 0 bridgehead atoms. The van der Waals surface area contributed by atoms with Crippen LogP contribution in [0, 0.1) is 25.2 Å². The summed E-state index contributed by atoms with van der Waals surface area (Å²) in [5, 5.41) is 20.3. The summed E-state index contributed by atoms with van der Waals surface area (Å²) in [6.07, 6.45) is 0.